The Morgan fingerprint density at radius 3 is 2.00 bits per heavy atom. The molecule has 0 atom stereocenters. The zero-order valence-electron chi connectivity index (χ0n) is 21.1. The second-order valence-electron chi connectivity index (χ2n) is 9.16. The molecule has 0 bridgehead atoms. The molecule has 2 N–H and O–H groups in total. The van der Waals surface area contributed by atoms with Gasteiger partial charge in [0.1, 0.15) is 11.4 Å². The lowest BCUT2D eigenvalue weighted by molar-refractivity contribution is -0.143. The van der Waals surface area contributed by atoms with E-state index in [4.69, 9.17) is 0 Å². The van der Waals surface area contributed by atoms with Gasteiger partial charge in [-0.3, -0.25) is 9.59 Å². The molecule has 4 rings (SSSR count). The zero-order valence-corrected chi connectivity index (χ0v) is 21.1. The van der Waals surface area contributed by atoms with Crippen molar-refractivity contribution in [3.8, 4) is 0 Å². The van der Waals surface area contributed by atoms with Crippen molar-refractivity contribution in [2.45, 2.75) is 30.7 Å². The number of nitrogens with one attached hydrogen (secondary N) is 2. The second-order valence-corrected chi connectivity index (χ2v) is 9.16. The minimum absolute atomic E-state index is 0.0453. The Bertz CT molecular complexity index is 1390. The predicted molar refractivity (Wildman–Crippen MR) is 134 cm³/mol. The van der Waals surface area contributed by atoms with Gasteiger partial charge in [0.05, 0.1) is 16.8 Å². The van der Waals surface area contributed by atoms with Gasteiger partial charge in [0.25, 0.3) is 5.91 Å². The monoisotopic (exact) mass is 581 g/mol. The van der Waals surface area contributed by atoms with Gasteiger partial charge in [0.2, 0.25) is 11.9 Å². The van der Waals surface area contributed by atoms with E-state index in [2.05, 4.69) is 20.6 Å². The molecule has 2 amide bonds. The summed E-state index contributed by atoms with van der Waals surface area (Å²) in [5.41, 5.74) is -5.34. The highest BCUT2D eigenvalue weighted by molar-refractivity contribution is 6.07. The van der Waals surface area contributed by atoms with Crippen LogP contribution in [0.1, 0.15) is 29.5 Å². The molecule has 2 aromatic carbocycles. The minimum Gasteiger partial charge on any atom is -0.338 e. The first-order chi connectivity index (χ1) is 19.3. The van der Waals surface area contributed by atoms with Gasteiger partial charge in [-0.25, -0.2) is 19.3 Å². The Balaban J connectivity index is 1.79. The molecule has 41 heavy (non-hydrogen) atoms. The molecule has 0 saturated carbocycles. The molecule has 1 aromatic heterocycles. The molecule has 1 fully saturated rings. The fourth-order valence-electron chi connectivity index (χ4n) is 4.28. The number of benzene rings is 2. The number of halogens is 7. The number of alkyl halides is 6. The van der Waals surface area contributed by atoms with Crippen LogP contribution in [-0.4, -0.2) is 40.4 Å². The normalized spacial score (nSPS) is 15.5. The molecular formula is C27H22F7N5O2. The van der Waals surface area contributed by atoms with Crippen LogP contribution in [0.3, 0.4) is 0 Å². The van der Waals surface area contributed by atoms with Gasteiger partial charge in [-0.15, -0.1) is 0 Å². The van der Waals surface area contributed by atoms with Crippen LogP contribution in [0.15, 0.2) is 67.0 Å². The van der Waals surface area contributed by atoms with E-state index in [1.54, 1.807) is 0 Å². The van der Waals surface area contributed by atoms with Gasteiger partial charge in [-0.05, 0) is 74.0 Å². The Morgan fingerprint density at radius 2 is 1.46 bits per heavy atom. The number of rotatable bonds is 6. The topological polar surface area (TPSA) is 87.2 Å². The van der Waals surface area contributed by atoms with Gasteiger partial charge in [-0.2, -0.15) is 26.3 Å². The van der Waals surface area contributed by atoms with Crippen LogP contribution in [0.2, 0.25) is 0 Å². The maximum atomic E-state index is 14.2. The molecule has 2 heterocycles. The average Bonchev–Trinajstić information content (AvgIpc) is 2.93. The lowest BCUT2D eigenvalue weighted by Gasteiger charge is -2.39. The number of hydrogen-bond donors (Lipinski definition) is 2. The SMILES string of the molecule is O=C(/C=C/c1ccc(F)cc1)NC1(C(=O)N(c2cc(C(F)(F)F)cc(C(F)(F)F)c2)c2ncccn2)CCNCC1. The Kier molecular flexibility index (Phi) is 8.42. The zero-order chi connectivity index (χ0) is 29.8. The van der Waals surface area contributed by atoms with Crippen LogP contribution in [0.4, 0.5) is 42.4 Å². The summed E-state index contributed by atoms with van der Waals surface area (Å²) in [7, 11) is 0. The summed E-state index contributed by atoms with van der Waals surface area (Å²) >= 11 is 0. The standard InChI is InChI=1S/C27H22F7N5O2/c28-20-5-2-17(3-6-20)4-7-22(40)38-25(8-12-35-13-9-25)23(41)39(24-36-10-1-11-37-24)21-15-18(26(29,30)31)14-19(16-21)27(32,33)34/h1-7,10-11,14-16,35H,8-9,12-13H2,(H,38,40)/b7-4+. The number of anilines is 2. The highest BCUT2D eigenvalue weighted by Crippen LogP contribution is 2.40. The third-order valence-corrected chi connectivity index (χ3v) is 6.31. The molecule has 1 aliphatic rings. The molecular weight excluding hydrogens is 559 g/mol. The second kappa shape index (κ2) is 11.6. The highest BCUT2D eigenvalue weighted by Gasteiger charge is 2.46. The summed E-state index contributed by atoms with van der Waals surface area (Å²) in [6.45, 7) is 0.404. The molecule has 14 heteroatoms. The summed E-state index contributed by atoms with van der Waals surface area (Å²) in [5.74, 6) is -2.77. The van der Waals surface area contributed by atoms with Crippen molar-refractivity contribution in [1.82, 2.24) is 20.6 Å². The van der Waals surface area contributed by atoms with Gasteiger partial charge in [0, 0.05) is 18.5 Å². The van der Waals surface area contributed by atoms with Crippen molar-refractivity contribution in [2.75, 3.05) is 18.0 Å². The van der Waals surface area contributed by atoms with E-state index < -0.39 is 58.3 Å². The van der Waals surface area contributed by atoms with Crippen LogP contribution < -0.4 is 15.5 Å². The van der Waals surface area contributed by atoms with Crippen LogP contribution in [0.25, 0.3) is 6.08 Å². The van der Waals surface area contributed by atoms with Crippen molar-refractivity contribution in [3.63, 3.8) is 0 Å². The molecule has 7 nitrogen and oxygen atoms in total. The van der Waals surface area contributed by atoms with Crippen LogP contribution in [0, 0.1) is 5.82 Å². The molecule has 3 aromatic rings. The number of piperidine rings is 1. The van der Waals surface area contributed by atoms with Crippen molar-refractivity contribution >= 4 is 29.5 Å². The van der Waals surface area contributed by atoms with Crippen LogP contribution in [-0.2, 0) is 21.9 Å². The van der Waals surface area contributed by atoms with E-state index in [0.717, 1.165) is 6.08 Å². The fraction of sp³-hybridized carbons (Fsp3) is 0.259. The minimum atomic E-state index is -5.17. The summed E-state index contributed by atoms with van der Waals surface area (Å²) in [6, 6.07) is 7.26. The van der Waals surface area contributed by atoms with Gasteiger partial charge in [0.15, 0.2) is 0 Å². The van der Waals surface area contributed by atoms with Crippen molar-refractivity contribution in [3.05, 3.63) is 89.5 Å². The number of carbonyl (C=O) groups is 2. The van der Waals surface area contributed by atoms with Crippen molar-refractivity contribution in [1.29, 1.82) is 0 Å². The largest absolute Gasteiger partial charge is 0.416 e. The molecule has 0 radical (unpaired) electrons. The average molecular weight is 581 g/mol. The van der Waals surface area contributed by atoms with Gasteiger partial charge < -0.3 is 10.6 Å². The number of carbonyl (C=O) groups excluding carboxylic acids is 2. The summed E-state index contributed by atoms with van der Waals surface area (Å²) in [6.07, 6.45) is -5.66. The number of hydrogen-bond acceptors (Lipinski definition) is 5. The van der Waals surface area contributed by atoms with E-state index >= 15 is 0 Å². The Hall–Kier alpha value is -4.33. The number of nitrogens with zero attached hydrogens (tertiary/aromatic N) is 3. The molecule has 1 aliphatic heterocycles. The molecule has 1 saturated heterocycles. The Morgan fingerprint density at radius 1 is 0.902 bits per heavy atom. The molecule has 0 aliphatic carbocycles. The first-order valence-electron chi connectivity index (χ1n) is 12.2. The summed E-state index contributed by atoms with van der Waals surface area (Å²) in [4.78, 5) is 35.5. The lowest BCUT2D eigenvalue weighted by Crippen LogP contribution is -2.63. The lowest BCUT2D eigenvalue weighted by atomic mass is 9.86. The van der Waals surface area contributed by atoms with E-state index in [1.165, 1.54) is 48.8 Å². The first-order valence-corrected chi connectivity index (χ1v) is 12.2. The first kappa shape index (κ1) is 29.6. The van der Waals surface area contributed by atoms with Crippen molar-refractivity contribution in [2.24, 2.45) is 0 Å². The maximum absolute atomic E-state index is 14.2. The third kappa shape index (κ3) is 7.06. The molecule has 0 spiro atoms. The molecule has 0 unspecified atom stereocenters. The van der Waals surface area contributed by atoms with Crippen LogP contribution >= 0.6 is 0 Å². The summed E-state index contributed by atoms with van der Waals surface area (Å²) in [5, 5.41) is 5.60. The highest BCUT2D eigenvalue weighted by atomic mass is 19.4. The third-order valence-electron chi connectivity index (χ3n) is 6.31. The van der Waals surface area contributed by atoms with Crippen LogP contribution in [0.5, 0.6) is 0 Å². The molecule has 216 valence electrons. The van der Waals surface area contributed by atoms with E-state index in [9.17, 15) is 40.3 Å². The van der Waals surface area contributed by atoms with Crippen molar-refractivity contribution < 1.29 is 40.3 Å². The fourth-order valence-corrected chi connectivity index (χ4v) is 4.28. The predicted octanol–water partition coefficient (Wildman–Crippen LogP) is 5.27. The van der Waals surface area contributed by atoms with Gasteiger partial charge in [-0.1, -0.05) is 12.1 Å². The van der Waals surface area contributed by atoms with E-state index in [1.807, 2.05) is 0 Å². The maximum Gasteiger partial charge on any atom is 0.416 e. The Labute approximate surface area is 229 Å². The van der Waals surface area contributed by atoms with E-state index in [0.29, 0.717) is 22.6 Å². The van der Waals surface area contributed by atoms with Gasteiger partial charge >= 0.3 is 12.4 Å². The quantitative estimate of drug-likeness (QED) is 0.306. The van der Waals surface area contributed by atoms with E-state index in [-0.39, 0.29) is 32.0 Å². The summed E-state index contributed by atoms with van der Waals surface area (Å²) < 4.78 is 95.1. The number of amides is 2. The number of aromatic nitrogens is 2. The smallest absolute Gasteiger partial charge is 0.338 e.